The third-order valence-electron chi connectivity index (χ3n) is 10.5. The summed E-state index contributed by atoms with van der Waals surface area (Å²) in [7, 11) is -0.414. The highest BCUT2D eigenvalue weighted by atomic mass is 16.7. The van der Waals surface area contributed by atoms with Gasteiger partial charge in [0.2, 0.25) is 0 Å². The molecule has 0 unspecified atom stereocenters. The minimum absolute atomic E-state index is 0.0348. The Labute approximate surface area is 252 Å². The summed E-state index contributed by atoms with van der Waals surface area (Å²) in [6, 6.07) is 30.4. The molecule has 1 fully saturated rings. The average molecular weight is 555 g/mol. The van der Waals surface area contributed by atoms with Gasteiger partial charge in [-0.3, -0.25) is 0 Å². The Bertz CT molecular complexity index is 1680. The van der Waals surface area contributed by atoms with Crippen LogP contribution in [0.25, 0.3) is 22.3 Å². The van der Waals surface area contributed by atoms with E-state index in [2.05, 4.69) is 148 Å². The standard InChI is InChI=1S/C39H43BO2/c1-35(2,3)24-15-18-28-29-19-16-25(36(4,5)6)22-33(29)39(32(28)21-24)31-14-12-11-13-27(31)30-20-17-26(23-34(30)39)40-41-37(7,8)38(9,10)42-40/h11-23H,1-10H3. The van der Waals surface area contributed by atoms with Crippen molar-refractivity contribution in [2.75, 3.05) is 0 Å². The summed E-state index contributed by atoms with van der Waals surface area (Å²) in [4.78, 5) is 0. The van der Waals surface area contributed by atoms with Crippen LogP contribution in [0.4, 0.5) is 0 Å². The highest BCUT2D eigenvalue weighted by Gasteiger charge is 2.55. The maximum Gasteiger partial charge on any atom is 0.494 e. The van der Waals surface area contributed by atoms with Crippen molar-refractivity contribution in [2.24, 2.45) is 0 Å². The van der Waals surface area contributed by atoms with E-state index >= 15 is 0 Å². The summed E-state index contributed by atoms with van der Waals surface area (Å²) in [6.45, 7) is 22.4. The van der Waals surface area contributed by atoms with Gasteiger partial charge in [-0.2, -0.15) is 0 Å². The first-order chi connectivity index (χ1) is 19.6. The van der Waals surface area contributed by atoms with Crippen molar-refractivity contribution < 1.29 is 9.31 Å². The molecule has 0 radical (unpaired) electrons. The van der Waals surface area contributed by atoms with Gasteiger partial charge in [-0.25, -0.2) is 0 Å². The van der Waals surface area contributed by atoms with E-state index in [9.17, 15) is 0 Å². The molecule has 42 heavy (non-hydrogen) atoms. The fraction of sp³-hybridized carbons (Fsp3) is 0.385. The van der Waals surface area contributed by atoms with E-state index in [4.69, 9.17) is 9.31 Å². The number of benzene rings is 4. The third kappa shape index (κ3) is 3.66. The quantitative estimate of drug-likeness (QED) is 0.189. The molecule has 1 heterocycles. The molecule has 0 saturated carbocycles. The lowest BCUT2D eigenvalue weighted by atomic mass is 9.67. The molecule has 3 heteroatoms. The van der Waals surface area contributed by atoms with Crippen molar-refractivity contribution in [3.05, 3.63) is 112 Å². The molecule has 214 valence electrons. The molecule has 0 amide bonds. The summed E-state index contributed by atoms with van der Waals surface area (Å²) in [5.41, 5.74) is 13.4. The smallest absolute Gasteiger partial charge is 0.399 e. The van der Waals surface area contributed by atoms with Crippen LogP contribution in [0.3, 0.4) is 0 Å². The summed E-state index contributed by atoms with van der Waals surface area (Å²) >= 11 is 0. The second kappa shape index (κ2) is 8.49. The van der Waals surface area contributed by atoms with Gasteiger partial charge in [-0.15, -0.1) is 0 Å². The van der Waals surface area contributed by atoms with Crippen LogP contribution in [-0.4, -0.2) is 18.3 Å². The molecule has 2 aliphatic carbocycles. The molecule has 1 saturated heterocycles. The molecule has 7 rings (SSSR count). The normalized spacial score (nSPS) is 19.0. The maximum absolute atomic E-state index is 6.58. The molecule has 4 aromatic carbocycles. The Hall–Kier alpha value is -3.14. The van der Waals surface area contributed by atoms with Crippen LogP contribution in [0.15, 0.2) is 78.9 Å². The summed E-state index contributed by atoms with van der Waals surface area (Å²) in [5.74, 6) is 0. The van der Waals surface area contributed by atoms with Crippen LogP contribution in [0, 0.1) is 0 Å². The largest absolute Gasteiger partial charge is 0.494 e. The van der Waals surface area contributed by atoms with Gasteiger partial charge >= 0.3 is 7.12 Å². The lowest BCUT2D eigenvalue weighted by molar-refractivity contribution is 0.00578. The van der Waals surface area contributed by atoms with Gasteiger partial charge in [0.1, 0.15) is 0 Å². The zero-order valence-corrected chi connectivity index (χ0v) is 26.9. The van der Waals surface area contributed by atoms with Crippen molar-refractivity contribution in [1.82, 2.24) is 0 Å². The van der Waals surface area contributed by atoms with Crippen LogP contribution < -0.4 is 5.46 Å². The minimum atomic E-state index is -0.418. The predicted octanol–water partition coefficient (Wildman–Crippen LogP) is 8.92. The zero-order chi connectivity index (χ0) is 30.0. The Morgan fingerprint density at radius 1 is 0.500 bits per heavy atom. The van der Waals surface area contributed by atoms with E-state index in [1.54, 1.807) is 0 Å². The van der Waals surface area contributed by atoms with Gasteiger partial charge in [0.05, 0.1) is 16.6 Å². The highest BCUT2D eigenvalue weighted by Crippen LogP contribution is 2.63. The van der Waals surface area contributed by atoms with Crippen LogP contribution >= 0.6 is 0 Å². The second-order valence-electron chi connectivity index (χ2n) is 15.7. The lowest BCUT2D eigenvalue weighted by Gasteiger charge is -2.33. The Morgan fingerprint density at radius 3 is 1.43 bits per heavy atom. The molecule has 1 spiro atoms. The topological polar surface area (TPSA) is 18.5 Å². The van der Waals surface area contributed by atoms with Gasteiger partial charge in [0, 0.05) is 0 Å². The van der Waals surface area contributed by atoms with E-state index in [-0.39, 0.29) is 10.8 Å². The van der Waals surface area contributed by atoms with Crippen LogP contribution in [0.1, 0.15) is 103 Å². The second-order valence-corrected chi connectivity index (χ2v) is 15.7. The molecular formula is C39H43BO2. The molecule has 0 N–H and O–H groups in total. The monoisotopic (exact) mass is 554 g/mol. The lowest BCUT2D eigenvalue weighted by Crippen LogP contribution is -2.41. The molecular weight excluding hydrogens is 511 g/mol. The molecule has 4 aromatic rings. The van der Waals surface area contributed by atoms with E-state index in [1.165, 1.54) is 55.6 Å². The van der Waals surface area contributed by atoms with Gasteiger partial charge < -0.3 is 9.31 Å². The molecule has 0 atom stereocenters. The van der Waals surface area contributed by atoms with Gasteiger partial charge in [0.15, 0.2) is 0 Å². The van der Waals surface area contributed by atoms with E-state index < -0.39 is 23.7 Å². The zero-order valence-electron chi connectivity index (χ0n) is 26.9. The summed E-state index contributed by atoms with van der Waals surface area (Å²) in [5, 5.41) is 0. The Morgan fingerprint density at radius 2 is 0.929 bits per heavy atom. The van der Waals surface area contributed by atoms with E-state index in [1.807, 2.05) is 0 Å². The van der Waals surface area contributed by atoms with Gasteiger partial charge in [-0.1, -0.05) is 120 Å². The van der Waals surface area contributed by atoms with Crippen LogP contribution in [0.2, 0.25) is 0 Å². The molecule has 3 aliphatic rings. The predicted molar refractivity (Wildman–Crippen MR) is 176 cm³/mol. The first-order valence-corrected chi connectivity index (χ1v) is 15.5. The fourth-order valence-electron chi connectivity index (χ4n) is 7.26. The van der Waals surface area contributed by atoms with Crippen molar-refractivity contribution in [1.29, 1.82) is 0 Å². The van der Waals surface area contributed by atoms with Crippen molar-refractivity contribution in [3.8, 4) is 22.3 Å². The molecule has 0 bridgehead atoms. The molecule has 0 aromatic heterocycles. The summed E-state index contributed by atoms with van der Waals surface area (Å²) < 4.78 is 13.2. The van der Waals surface area contributed by atoms with E-state index in [0.717, 1.165) is 5.46 Å². The number of rotatable bonds is 1. The van der Waals surface area contributed by atoms with Gasteiger partial charge in [-0.05, 0) is 99.6 Å². The SMILES string of the molecule is CC(C)(C)c1ccc2c(c1)C1(c3ccccc3-c3ccc(B4OC(C)(C)C(C)(C)O4)cc31)c1cc(C(C)(C)C)ccc1-2. The number of hydrogen-bond donors (Lipinski definition) is 0. The average Bonchev–Trinajstić information content (AvgIpc) is 3.46. The highest BCUT2D eigenvalue weighted by molar-refractivity contribution is 6.62. The van der Waals surface area contributed by atoms with Gasteiger partial charge in [0.25, 0.3) is 0 Å². The van der Waals surface area contributed by atoms with E-state index in [0.29, 0.717) is 0 Å². The molecule has 1 aliphatic heterocycles. The van der Waals surface area contributed by atoms with Crippen molar-refractivity contribution >= 4 is 12.6 Å². The fourth-order valence-corrected chi connectivity index (χ4v) is 7.26. The first-order valence-electron chi connectivity index (χ1n) is 15.5. The first kappa shape index (κ1) is 27.7. The number of hydrogen-bond acceptors (Lipinski definition) is 2. The maximum atomic E-state index is 6.58. The van der Waals surface area contributed by atoms with Crippen molar-refractivity contribution in [2.45, 2.75) is 96.7 Å². The van der Waals surface area contributed by atoms with Crippen molar-refractivity contribution in [3.63, 3.8) is 0 Å². The summed E-state index contributed by atoms with van der Waals surface area (Å²) in [6.07, 6.45) is 0. The Kier molecular flexibility index (Phi) is 5.59. The molecule has 2 nitrogen and oxygen atoms in total. The third-order valence-corrected chi connectivity index (χ3v) is 10.5. The van der Waals surface area contributed by atoms with Crippen LogP contribution in [-0.2, 0) is 25.6 Å². The Balaban J connectivity index is 1.57. The van der Waals surface area contributed by atoms with Crippen LogP contribution in [0.5, 0.6) is 0 Å². The number of fused-ring (bicyclic) bond motifs is 10. The minimum Gasteiger partial charge on any atom is -0.399 e.